The molecule has 0 radical (unpaired) electrons. The van der Waals surface area contributed by atoms with E-state index in [1.807, 2.05) is 29.9 Å². The van der Waals surface area contributed by atoms with Crippen LogP contribution in [0.25, 0.3) is 0 Å². The summed E-state index contributed by atoms with van der Waals surface area (Å²) in [7, 11) is 1.94. The summed E-state index contributed by atoms with van der Waals surface area (Å²) in [6.45, 7) is 1.43. The molecule has 23 heavy (non-hydrogen) atoms. The van der Waals surface area contributed by atoms with E-state index in [1.165, 1.54) is 25.7 Å². The third-order valence-electron chi connectivity index (χ3n) is 4.26. The van der Waals surface area contributed by atoms with Crippen LogP contribution in [0.15, 0.2) is 40.1 Å². The van der Waals surface area contributed by atoms with Crippen LogP contribution < -0.4 is 10.6 Å². The summed E-state index contributed by atoms with van der Waals surface area (Å²) < 4.78 is 7.23. The standard InChI is InChI=1S/C17H25N5O/c1-22-15(8-11-20-22)13-19-17(21-14-5-2-3-6-14)18-10-9-16-7-4-12-23-16/h4,7-8,11-12,14H,2-3,5-6,9-10,13H2,1H3,(H2,18,19,21). The highest BCUT2D eigenvalue weighted by Gasteiger charge is 2.16. The Morgan fingerprint density at radius 3 is 2.96 bits per heavy atom. The van der Waals surface area contributed by atoms with Crippen LogP contribution in [-0.2, 0) is 20.0 Å². The van der Waals surface area contributed by atoms with Gasteiger partial charge in [0.25, 0.3) is 0 Å². The van der Waals surface area contributed by atoms with Crippen LogP contribution in [-0.4, -0.2) is 28.3 Å². The Kier molecular flexibility index (Phi) is 5.34. The minimum Gasteiger partial charge on any atom is -0.469 e. The van der Waals surface area contributed by atoms with Crippen molar-refractivity contribution in [2.24, 2.45) is 12.0 Å². The zero-order chi connectivity index (χ0) is 15.9. The molecular weight excluding hydrogens is 290 g/mol. The Labute approximate surface area is 137 Å². The van der Waals surface area contributed by atoms with Gasteiger partial charge in [-0.1, -0.05) is 12.8 Å². The molecule has 1 fully saturated rings. The third-order valence-corrected chi connectivity index (χ3v) is 4.26. The van der Waals surface area contributed by atoms with Crippen molar-refractivity contribution in [1.29, 1.82) is 0 Å². The molecule has 2 aromatic heterocycles. The number of hydrogen-bond acceptors (Lipinski definition) is 3. The summed E-state index contributed by atoms with van der Waals surface area (Å²) in [5.74, 6) is 1.87. The highest BCUT2D eigenvalue weighted by Crippen LogP contribution is 2.17. The van der Waals surface area contributed by atoms with Crippen molar-refractivity contribution in [2.75, 3.05) is 6.54 Å². The maximum atomic E-state index is 5.37. The van der Waals surface area contributed by atoms with Crippen molar-refractivity contribution >= 4 is 5.96 Å². The lowest BCUT2D eigenvalue weighted by molar-refractivity contribution is 0.506. The fourth-order valence-corrected chi connectivity index (χ4v) is 2.89. The molecular formula is C17H25N5O. The van der Waals surface area contributed by atoms with Crippen LogP contribution in [0.1, 0.15) is 37.1 Å². The SMILES string of the molecule is Cn1nccc1CN=C(NCCc1ccco1)NC1CCCC1. The van der Waals surface area contributed by atoms with E-state index < -0.39 is 0 Å². The van der Waals surface area contributed by atoms with Crippen LogP contribution in [0.3, 0.4) is 0 Å². The molecule has 0 bridgehead atoms. The largest absolute Gasteiger partial charge is 0.469 e. The molecule has 1 aliphatic carbocycles. The molecule has 0 aliphatic heterocycles. The molecule has 6 heteroatoms. The topological polar surface area (TPSA) is 67.4 Å². The predicted molar refractivity (Wildman–Crippen MR) is 90.2 cm³/mol. The number of hydrogen-bond donors (Lipinski definition) is 2. The zero-order valence-corrected chi connectivity index (χ0v) is 13.7. The van der Waals surface area contributed by atoms with Gasteiger partial charge >= 0.3 is 0 Å². The highest BCUT2D eigenvalue weighted by atomic mass is 16.3. The van der Waals surface area contributed by atoms with Crippen molar-refractivity contribution in [3.63, 3.8) is 0 Å². The molecule has 1 saturated carbocycles. The van der Waals surface area contributed by atoms with Gasteiger partial charge in [-0.2, -0.15) is 5.10 Å². The molecule has 0 amide bonds. The Morgan fingerprint density at radius 1 is 1.39 bits per heavy atom. The number of nitrogens with zero attached hydrogens (tertiary/aromatic N) is 3. The summed E-state index contributed by atoms with van der Waals surface area (Å²) >= 11 is 0. The van der Waals surface area contributed by atoms with E-state index in [0.717, 1.165) is 30.4 Å². The molecule has 0 saturated heterocycles. The Balaban J connectivity index is 1.56. The number of guanidine groups is 1. The fraction of sp³-hybridized carbons (Fsp3) is 0.529. The molecule has 1 aliphatic rings. The maximum Gasteiger partial charge on any atom is 0.191 e. The highest BCUT2D eigenvalue weighted by molar-refractivity contribution is 5.80. The molecule has 2 heterocycles. The molecule has 0 aromatic carbocycles. The first-order valence-corrected chi connectivity index (χ1v) is 8.35. The van der Waals surface area contributed by atoms with Crippen LogP contribution >= 0.6 is 0 Å². The summed E-state index contributed by atoms with van der Waals surface area (Å²) in [5, 5.41) is 11.2. The second-order valence-corrected chi connectivity index (χ2v) is 5.99. The molecule has 6 nitrogen and oxygen atoms in total. The third kappa shape index (κ3) is 4.61. The van der Waals surface area contributed by atoms with Gasteiger partial charge in [-0.3, -0.25) is 4.68 Å². The van der Waals surface area contributed by atoms with E-state index in [-0.39, 0.29) is 0 Å². The summed E-state index contributed by atoms with van der Waals surface area (Å²) in [4.78, 5) is 4.71. The molecule has 2 N–H and O–H groups in total. The van der Waals surface area contributed by atoms with Crippen molar-refractivity contribution in [3.8, 4) is 0 Å². The van der Waals surface area contributed by atoms with Gasteiger partial charge in [0.15, 0.2) is 5.96 Å². The van der Waals surface area contributed by atoms with Gasteiger partial charge in [-0.05, 0) is 31.0 Å². The lowest BCUT2D eigenvalue weighted by atomic mass is 10.2. The average Bonchev–Trinajstić information content (AvgIpc) is 3.28. The number of aromatic nitrogens is 2. The van der Waals surface area contributed by atoms with Gasteiger partial charge in [-0.25, -0.2) is 4.99 Å². The van der Waals surface area contributed by atoms with E-state index in [2.05, 4.69) is 15.7 Å². The second kappa shape index (κ2) is 7.85. The first-order valence-electron chi connectivity index (χ1n) is 8.35. The lowest BCUT2D eigenvalue weighted by Gasteiger charge is -2.17. The molecule has 0 spiro atoms. The molecule has 0 unspecified atom stereocenters. The van der Waals surface area contributed by atoms with Crippen molar-refractivity contribution in [2.45, 2.75) is 44.7 Å². The summed E-state index contributed by atoms with van der Waals surface area (Å²) in [5.41, 5.74) is 1.10. The number of nitrogens with one attached hydrogen (secondary N) is 2. The van der Waals surface area contributed by atoms with Crippen LogP contribution in [0.4, 0.5) is 0 Å². The van der Waals surface area contributed by atoms with Crippen LogP contribution in [0.5, 0.6) is 0 Å². The number of aryl methyl sites for hydroxylation is 1. The second-order valence-electron chi connectivity index (χ2n) is 5.99. The number of aliphatic imine (C=N–C) groups is 1. The van der Waals surface area contributed by atoms with Gasteiger partial charge in [0.05, 0.1) is 18.5 Å². The normalized spacial score (nSPS) is 16.0. The van der Waals surface area contributed by atoms with Gasteiger partial charge in [0.1, 0.15) is 5.76 Å². The first-order chi connectivity index (χ1) is 11.3. The van der Waals surface area contributed by atoms with Crippen LogP contribution in [0, 0.1) is 0 Å². The lowest BCUT2D eigenvalue weighted by Crippen LogP contribution is -2.43. The Bertz CT molecular complexity index is 611. The maximum absolute atomic E-state index is 5.37. The van der Waals surface area contributed by atoms with Crippen molar-refractivity contribution in [3.05, 3.63) is 42.1 Å². The quantitative estimate of drug-likeness (QED) is 0.634. The first kappa shape index (κ1) is 15.6. The van der Waals surface area contributed by atoms with E-state index >= 15 is 0 Å². The monoisotopic (exact) mass is 315 g/mol. The molecule has 2 aromatic rings. The zero-order valence-electron chi connectivity index (χ0n) is 13.7. The summed E-state index contributed by atoms with van der Waals surface area (Å²) in [6, 6.07) is 6.46. The smallest absolute Gasteiger partial charge is 0.191 e. The van der Waals surface area contributed by atoms with E-state index in [0.29, 0.717) is 12.6 Å². The average molecular weight is 315 g/mol. The summed E-state index contributed by atoms with van der Waals surface area (Å²) in [6.07, 6.45) is 9.43. The number of furan rings is 1. The number of rotatable bonds is 6. The van der Waals surface area contributed by atoms with E-state index in [4.69, 9.17) is 9.41 Å². The van der Waals surface area contributed by atoms with E-state index in [9.17, 15) is 0 Å². The Hall–Kier alpha value is -2.24. The van der Waals surface area contributed by atoms with Gasteiger partial charge < -0.3 is 15.1 Å². The molecule has 0 atom stereocenters. The van der Waals surface area contributed by atoms with Gasteiger partial charge in [0, 0.05) is 32.3 Å². The molecule has 124 valence electrons. The van der Waals surface area contributed by atoms with E-state index in [1.54, 1.807) is 12.5 Å². The fourth-order valence-electron chi connectivity index (χ4n) is 2.89. The minimum absolute atomic E-state index is 0.538. The minimum atomic E-state index is 0.538. The Morgan fingerprint density at radius 2 is 2.26 bits per heavy atom. The van der Waals surface area contributed by atoms with Crippen molar-refractivity contribution in [1.82, 2.24) is 20.4 Å². The van der Waals surface area contributed by atoms with Gasteiger partial charge in [0.2, 0.25) is 0 Å². The van der Waals surface area contributed by atoms with Crippen LogP contribution in [0.2, 0.25) is 0 Å². The molecule has 3 rings (SSSR count). The van der Waals surface area contributed by atoms with Gasteiger partial charge in [-0.15, -0.1) is 0 Å². The van der Waals surface area contributed by atoms with Crippen molar-refractivity contribution < 1.29 is 4.42 Å². The predicted octanol–water partition coefficient (Wildman–Crippen LogP) is 2.23.